The summed E-state index contributed by atoms with van der Waals surface area (Å²) in [5.41, 5.74) is 3.11. The second-order valence-corrected chi connectivity index (χ2v) is 4.31. The first-order valence-electron chi connectivity index (χ1n) is 5.64. The summed E-state index contributed by atoms with van der Waals surface area (Å²) in [6, 6.07) is 7.94. The largest absolute Gasteiger partial charge is 0.497 e. The highest BCUT2D eigenvalue weighted by Gasteiger charge is 2.14. The summed E-state index contributed by atoms with van der Waals surface area (Å²) in [5, 5.41) is 10.2. The van der Waals surface area contributed by atoms with E-state index < -0.39 is 0 Å². The molecule has 0 radical (unpaired) electrons. The SMILES string of the molecule is COc1ccc2c(N(C)C)c(C#N)c(C)nc2c1. The highest BCUT2D eigenvalue weighted by Crippen LogP contribution is 2.31. The maximum Gasteiger partial charge on any atom is 0.121 e. The van der Waals surface area contributed by atoms with E-state index in [9.17, 15) is 5.26 Å². The number of hydrogen-bond donors (Lipinski definition) is 0. The molecule has 0 aliphatic carbocycles. The third-order valence-corrected chi connectivity index (χ3v) is 2.91. The molecule has 0 atom stereocenters. The predicted molar refractivity (Wildman–Crippen MR) is 72.1 cm³/mol. The van der Waals surface area contributed by atoms with Crippen molar-refractivity contribution in [1.29, 1.82) is 5.26 Å². The average molecular weight is 241 g/mol. The zero-order valence-electron chi connectivity index (χ0n) is 11.0. The van der Waals surface area contributed by atoms with Gasteiger partial charge in [-0.15, -0.1) is 0 Å². The summed E-state index contributed by atoms with van der Waals surface area (Å²) in [7, 11) is 5.49. The quantitative estimate of drug-likeness (QED) is 0.810. The van der Waals surface area contributed by atoms with Crippen LogP contribution in [0, 0.1) is 18.3 Å². The van der Waals surface area contributed by atoms with E-state index in [4.69, 9.17) is 4.74 Å². The van der Waals surface area contributed by atoms with Crippen molar-refractivity contribution in [2.24, 2.45) is 0 Å². The van der Waals surface area contributed by atoms with E-state index in [2.05, 4.69) is 11.1 Å². The van der Waals surface area contributed by atoms with Crippen molar-refractivity contribution < 1.29 is 4.74 Å². The molecule has 0 saturated heterocycles. The maximum absolute atomic E-state index is 9.27. The number of pyridine rings is 1. The number of rotatable bonds is 2. The molecule has 2 aromatic rings. The second-order valence-electron chi connectivity index (χ2n) is 4.31. The molecule has 0 unspecified atom stereocenters. The molecular weight excluding hydrogens is 226 g/mol. The molecule has 0 N–H and O–H groups in total. The van der Waals surface area contributed by atoms with Gasteiger partial charge in [-0.25, -0.2) is 0 Å². The van der Waals surface area contributed by atoms with Crippen molar-refractivity contribution in [3.8, 4) is 11.8 Å². The normalized spacial score (nSPS) is 10.2. The molecule has 92 valence electrons. The number of nitriles is 1. The van der Waals surface area contributed by atoms with E-state index in [1.54, 1.807) is 7.11 Å². The number of aryl methyl sites for hydroxylation is 1. The molecule has 2 rings (SSSR count). The molecule has 4 nitrogen and oxygen atoms in total. The van der Waals surface area contributed by atoms with Crippen LogP contribution in [0.4, 0.5) is 5.69 Å². The van der Waals surface area contributed by atoms with Crippen LogP contribution in [-0.2, 0) is 0 Å². The number of ether oxygens (including phenoxy) is 1. The van der Waals surface area contributed by atoms with E-state index in [1.807, 2.05) is 44.1 Å². The Morgan fingerprint density at radius 1 is 1.33 bits per heavy atom. The minimum Gasteiger partial charge on any atom is -0.497 e. The number of benzene rings is 1. The molecule has 0 amide bonds. The standard InChI is InChI=1S/C14H15N3O/c1-9-12(8-15)14(17(2)3)11-6-5-10(18-4)7-13(11)16-9/h5-7H,1-4H3. The van der Waals surface area contributed by atoms with Crippen molar-refractivity contribution in [1.82, 2.24) is 4.98 Å². The monoisotopic (exact) mass is 241 g/mol. The molecule has 18 heavy (non-hydrogen) atoms. The summed E-state index contributed by atoms with van der Waals surface area (Å²) in [6.07, 6.45) is 0. The lowest BCUT2D eigenvalue weighted by atomic mass is 10.1. The van der Waals surface area contributed by atoms with Crippen LogP contribution in [0.15, 0.2) is 18.2 Å². The first-order valence-corrected chi connectivity index (χ1v) is 5.64. The highest BCUT2D eigenvalue weighted by molar-refractivity contribution is 5.95. The number of fused-ring (bicyclic) bond motifs is 1. The number of methoxy groups -OCH3 is 1. The van der Waals surface area contributed by atoms with Gasteiger partial charge in [0.05, 0.1) is 29.6 Å². The van der Waals surface area contributed by atoms with Crippen LogP contribution in [0.25, 0.3) is 10.9 Å². The number of hydrogen-bond acceptors (Lipinski definition) is 4. The van der Waals surface area contributed by atoms with Gasteiger partial charge in [0.1, 0.15) is 11.8 Å². The summed E-state index contributed by atoms with van der Waals surface area (Å²) >= 11 is 0. The van der Waals surface area contributed by atoms with Crippen LogP contribution in [0.2, 0.25) is 0 Å². The van der Waals surface area contributed by atoms with E-state index in [0.717, 1.165) is 28.0 Å². The summed E-state index contributed by atoms with van der Waals surface area (Å²) in [4.78, 5) is 6.42. The second kappa shape index (κ2) is 4.53. The zero-order valence-corrected chi connectivity index (χ0v) is 11.0. The molecule has 0 aliphatic heterocycles. The Balaban J connectivity index is 2.87. The Morgan fingerprint density at radius 3 is 2.61 bits per heavy atom. The lowest BCUT2D eigenvalue weighted by molar-refractivity contribution is 0.415. The van der Waals surface area contributed by atoms with E-state index in [0.29, 0.717) is 5.56 Å². The van der Waals surface area contributed by atoms with Gasteiger partial charge in [0.15, 0.2) is 0 Å². The van der Waals surface area contributed by atoms with E-state index in [1.165, 1.54) is 0 Å². The van der Waals surface area contributed by atoms with Crippen molar-refractivity contribution in [2.75, 3.05) is 26.1 Å². The number of anilines is 1. The fourth-order valence-corrected chi connectivity index (χ4v) is 2.07. The minimum atomic E-state index is 0.623. The smallest absolute Gasteiger partial charge is 0.121 e. The van der Waals surface area contributed by atoms with E-state index in [-0.39, 0.29) is 0 Å². The fraction of sp³-hybridized carbons (Fsp3) is 0.286. The lowest BCUT2D eigenvalue weighted by Gasteiger charge is -2.18. The Hall–Kier alpha value is -2.28. The van der Waals surface area contributed by atoms with Crippen LogP contribution >= 0.6 is 0 Å². The van der Waals surface area contributed by atoms with Gasteiger partial charge in [-0.1, -0.05) is 0 Å². The summed E-state index contributed by atoms with van der Waals surface area (Å²) in [5.74, 6) is 0.767. The van der Waals surface area contributed by atoms with Crippen LogP contribution in [0.5, 0.6) is 5.75 Å². The van der Waals surface area contributed by atoms with Gasteiger partial charge in [0.25, 0.3) is 0 Å². The highest BCUT2D eigenvalue weighted by atomic mass is 16.5. The molecule has 1 aromatic heterocycles. The van der Waals surface area contributed by atoms with Crippen molar-refractivity contribution in [3.05, 3.63) is 29.5 Å². The van der Waals surface area contributed by atoms with Gasteiger partial charge in [0.2, 0.25) is 0 Å². The Labute approximate surface area is 106 Å². The first kappa shape index (κ1) is 12.2. The molecular formula is C14H15N3O. The van der Waals surface area contributed by atoms with Gasteiger partial charge < -0.3 is 9.64 Å². The minimum absolute atomic E-state index is 0.623. The topological polar surface area (TPSA) is 49.1 Å². The zero-order chi connectivity index (χ0) is 13.3. The third kappa shape index (κ3) is 1.84. The van der Waals surface area contributed by atoms with Gasteiger partial charge in [0, 0.05) is 25.5 Å². The first-order chi connectivity index (χ1) is 8.58. The number of aromatic nitrogens is 1. The predicted octanol–water partition coefficient (Wildman–Crippen LogP) is 2.49. The Morgan fingerprint density at radius 2 is 2.06 bits per heavy atom. The Bertz CT molecular complexity index is 642. The summed E-state index contributed by atoms with van der Waals surface area (Å²) < 4.78 is 5.20. The molecule has 0 aliphatic rings. The Kier molecular flexibility index (Phi) is 3.07. The summed E-state index contributed by atoms with van der Waals surface area (Å²) in [6.45, 7) is 1.85. The van der Waals surface area contributed by atoms with Crippen molar-refractivity contribution >= 4 is 16.6 Å². The van der Waals surface area contributed by atoms with Crippen LogP contribution in [0.1, 0.15) is 11.3 Å². The maximum atomic E-state index is 9.27. The van der Waals surface area contributed by atoms with Gasteiger partial charge >= 0.3 is 0 Å². The van der Waals surface area contributed by atoms with Gasteiger partial charge in [-0.2, -0.15) is 5.26 Å². The third-order valence-electron chi connectivity index (χ3n) is 2.91. The average Bonchev–Trinajstić information content (AvgIpc) is 2.35. The van der Waals surface area contributed by atoms with Gasteiger partial charge in [-0.05, 0) is 19.1 Å². The van der Waals surface area contributed by atoms with Gasteiger partial charge in [-0.3, -0.25) is 4.98 Å². The lowest BCUT2D eigenvalue weighted by Crippen LogP contribution is -2.12. The molecule has 1 aromatic carbocycles. The molecule has 0 saturated carbocycles. The molecule has 4 heteroatoms. The van der Waals surface area contributed by atoms with E-state index >= 15 is 0 Å². The van der Waals surface area contributed by atoms with Crippen molar-refractivity contribution in [3.63, 3.8) is 0 Å². The molecule has 1 heterocycles. The molecule has 0 bridgehead atoms. The van der Waals surface area contributed by atoms with Crippen LogP contribution in [0.3, 0.4) is 0 Å². The molecule has 0 spiro atoms. The number of nitrogens with zero attached hydrogens (tertiary/aromatic N) is 3. The van der Waals surface area contributed by atoms with Crippen LogP contribution in [-0.4, -0.2) is 26.2 Å². The van der Waals surface area contributed by atoms with Crippen LogP contribution < -0.4 is 9.64 Å². The van der Waals surface area contributed by atoms with Crippen molar-refractivity contribution in [2.45, 2.75) is 6.92 Å². The fourth-order valence-electron chi connectivity index (χ4n) is 2.07. The molecule has 0 fully saturated rings.